The van der Waals surface area contributed by atoms with Crippen molar-refractivity contribution in [3.05, 3.63) is 41.5 Å². The average Bonchev–Trinajstić information content (AvgIpc) is 3.06. The molecule has 3 atom stereocenters. The summed E-state index contributed by atoms with van der Waals surface area (Å²) in [5.74, 6) is -0.688. The predicted octanol–water partition coefficient (Wildman–Crippen LogP) is 6.23. The highest BCUT2D eigenvalue weighted by atomic mass is 19.1. The van der Waals surface area contributed by atoms with Gasteiger partial charge in [-0.3, -0.25) is 4.79 Å². The van der Waals surface area contributed by atoms with Crippen LogP contribution in [0.3, 0.4) is 0 Å². The van der Waals surface area contributed by atoms with Crippen molar-refractivity contribution in [3.63, 3.8) is 0 Å². The van der Waals surface area contributed by atoms with Gasteiger partial charge in [-0.05, 0) is 49.7 Å². The van der Waals surface area contributed by atoms with Gasteiger partial charge >= 0.3 is 0 Å². The highest BCUT2D eigenvalue weighted by molar-refractivity contribution is 5.76. The van der Waals surface area contributed by atoms with Crippen LogP contribution < -0.4 is 0 Å². The van der Waals surface area contributed by atoms with E-state index >= 15 is 0 Å². The Bertz CT molecular complexity index is 813. The predicted molar refractivity (Wildman–Crippen MR) is 115 cm³/mol. The van der Waals surface area contributed by atoms with E-state index in [0.717, 1.165) is 38.8 Å². The Balaban J connectivity index is 1.64. The van der Waals surface area contributed by atoms with Gasteiger partial charge in [0.2, 0.25) is 5.91 Å². The number of carbonyl (C=O) groups excluding carboxylic acids is 1. The summed E-state index contributed by atoms with van der Waals surface area (Å²) in [6.45, 7) is 10.2. The maximum absolute atomic E-state index is 14.2. The molecule has 0 spiro atoms. The van der Waals surface area contributed by atoms with Gasteiger partial charge in [-0.1, -0.05) is 39.3 Å². The number of rotatable bonds is 7. The molecule has 0 aromatic heterocycles. The molecule has 0 bridgehead atoms. The van der Waals surface area contributed by atoms with Gasteiger partial charge in [-0.25, -0.2) is 8.78 Å². The molecule has 0 aliphatic carbocycles. The Labute approximate surface area is 178 Å². The van der Waals surface area contributed by atoms with Crippen LogP contribution in [0.1, 0.15) is 65.4 Å². The van der Waals surface area contributed by atoms with E-state index in [1.54, 1.807) is 0 Å². The molecular formula is C24H33F2N3O. The number of benzene rings is 1. The Kier molecular flexibility index (Phi) is 7.04. The van der Waals surface area contributed by atoms with Crippen molar-refractivity contribution < 1.29 is 13.6 Å². The summed E-state index contributed by atoms with van der Waals surface area (Å²) in [7, 11) is 0. The lowest BCUT2D eigenvalue weighted by molar-refractivity contribution is -0.130. The molecule has 1 aromatic carbocycles. The van der Waals surface area contributed by atoms with Gasteiger partial charge in [0.15, 0.2) is 0 Å². The standard InChI is InChI=1S/C24H33F2N3O/c1-5-17(8-6-11-22(30)29-13-12-24(3,4)15-29)18-14-21(28-27-16(18)2)23-19(25)9-7-10-20(23)26/h7,9-10,14,16-18H,5-6,8,11-13,15H2,1-4H3/t16?,17-,18?/m1/s1. The topological polar surface area (TPSA) is 45.0 Å². The number of likely N-dealkylation sites (tertiary alicyclic amines) is 1. The second kappa shape index (κ2) is 9.36. The second-order valence-electron chi connectivity index (χ2n) is 9.47. The lowest BCUT2D eigenvalue weighted by atomic mass is 9.80. The van der Waals surface area contributed by atoms with E-state index in [1.807, 2.05) is 17.9 Å². The largest absolute Gasteiger partial charge is 0.342 e. The quantitative estimate of drug-likeness (QED) is 0.518. The van der Waals surface area contributed by atoms with Crippen LogP contribution in [0.2, 0.25) is 0 Å². The first-order valence-corrected chi connectivity index (χ1v) is 11.1. The molecule has 6 heteroatoms. The van der Waals surface area contributed by atoms with Crippen molar-refractivity contribution in [2.75, 3.05) is 13.1 Å². The summed E-state index contributed by atoms with van der Waals surface area (Å²) in [4.78, 5) is 14.5. The number of amides is 1. The van der Waals surface area contributed by atoms with Crippen molar-refractivity contribution in [1.82, 2.24) is 4.90 Å². The number of hydrogen-bond donors (Lipinski definition) is 0. The first kappa shape index (κ1) is 22.6. The lowest BCUT2D eigenvalue weighted by Gasteiger charge is -2.29. The summed E-state index contributed by atoms with van der Waals surface area (Å²) in [5, 5.41) is 8.38. The van der Waals surface area contributed by atoms with E-state index in [9.17, 15) is 13.6 Å². The van der Waals surface area contributed by atoms with Crippen LogP contribution in [0.4, 0.5) is 8.78 Å². The molecule has 0 saturated carbocycles. The van der Waals surface area contributed by atoms with Crippen molar-refractivity contribution in [1.29, 1.82) is 0 Å². The average molecular weight is 418 g/mol. The first-order chi connectivity index (χ1) is 14.2. The molecule has 1 amide bonds. The van der Waals surface area contributed by atoms with Crippen LogP contribution in [-0.4, -0.2) is 29.9 Å². The van der Waals surface area contributed by atoms with E-state index in [2.05, 4.69) is 31.0 Å². The van der Waals surface area contributed by atoms with Crippen LogP contribution in [0.5, 0.6) is 0 Å². The molecule has 4 nitrogen and oxygen atoms in total. The number of carbonyl (C=O) groups is 1. The summed E-state index contributed by atoms with van der Waals surface area (Å²) >= 11 is 0. The van der Waals surface area contributed by atoms with Gasteiger partial charge < -0.3 is 4.90 Å². The minimum absolute atomic E-state index is 0.0438. The molecule has 3 rings (SSSR count). The van der Waals surface area contributed by atoms with Gasteiger partial charge in [-0.15, -0.1) is 0 Å². The molecule has 164 valence electrons. The number of hydrogen-bond acceptors (Lipinski definition) is 3. The highest BCUT2D eigenvalue weighted by Gasteiger charge is 2.32. The van der Waals surface area contributed by atoms with Crippen LogP contribution >= 0.6 is 0 Å². The van der Waals surface area contributed by atoms with Gasteiger partial charge in [0.1, 0.15) is 11.6 Å². The van der Waals surface area contributed by atoms with Crippen molar-refractivity contribution in [2.45, 2.75) is 65.8 Å². The molecule has 2 unspecified atom stereocenters. The zero-order valence-corrected chi connectivity index (χ0v) is 18.5. The molecule has 0 N–H and O–H groups in total. The van der Waals surface area contributed by atoms with Crippen molar-refractivity contribution in [3.8, 4) is 0 Å². The lowest BCUT2D eigenvalue weighted by Crippen LogP contribution is -2.30. The third-order valence-corrected chi connectivity index (χ3v) is 6.54. The molecule has 1 fully saturated rings. The van der Waals surface area contributed by atoms with Crippen LogP contribution in [0.15, 0.2) is 34.5 Å². The van der Waals surface area contributed by atoms with E-state index in [0.29, 0.717) is 6.42 Å². The highest BCUT2D eigenvalue weighted by Crippen LogP contribution is 2.36. The van der Waals surface area contributed by atoms with Crippen molar-refractivity contribution >= 4 is 11.6 Å². The van der Waals surface area contributed by atoms with Crippen LogP contribution in [-0.2, 0) is 4.79 Å². The molecule has 1 saturated heterocycles. The molecular weight excluding hydrogens is 384 g/mol. The molecule has 1 aromatic rings. The summed E-state index contributed by atoms with van der Waals surface area (Å²) < 4.78 is 28.4. The smallest absolute Gasteiger partial charge is 0.222 e. The van der Waals surface area contributed by atoms with Gasteiger partial charge in [0.05, 0.1) is 17.3 Å². The third kappa shape index (κ3) is 5.13. The zero-order valence-electron chi connectivity index (χ0n) is 18.5. The van der Waals surface area contributed by atoms with Gasteiger partial charge in [-0.2, -0.15) is 10.2 Å². The fourth-order valence-corrected chi connectivity index (χ4v) is 4.66. The molecule has 30 heavy (non-hydrogen) atoms. The Hall–Kier alpha value is -2.11. The first-order valence-electron chi connectivity index (χ1n) is 11.1. The third-order valence-electron chi connectivity index (χ3n) is 6.54. The van der Waals surface area contributed by atoms with Crippen molar-refractivity contribution in [2.24, 2.45) is 27.5 Å². The molecule has 2 aliphatic rings. The minimum atomic E-state index is -0.624. The summed E-state index contributed by atoms with van der Waals surface area (Å²) in [6, 6.07) is 3.78. The molecule has 0 radical (unpaired) electrons. The maximum atomic E-state index is 14.2. The normalized spacial score (nSPS) is 24.1. The van der Waals surface area contributed by atoms with Gasteiger partial charge in [0.25, 0.3) is 0 Å². The number of halogens is 2. The van der Waals surface area contributed by atoms with E-state index < -0.39 is 11.6 Å². The molecule has 2 aliphatic heterocycles. The van der Waals surface area contributed by atoms with E-state index in [-0.39, 0.29) is 40.5 Å². The second-order valence-corrected chi connectivity index (χ2v) is 9.47. The number of nitrogens with zero attached hydrogens (tertiary/aromatic N) is 3. The van der Waals surface area contributed by atoms with Gasteiger partial charge in [0, 0.05) is 25.4 Å². The fourth-order valence-electron chi connectivity index (χ4n) is 4.66. The SMILES string of the molecule is CC[C@H](CCCC(=O)N1CCC(C)(C)C1)C1C=C(c2c(F)cccc2F)N=NC1C. The summed E-state index contributed by atoms with van der Waals surface area (Å²) in [5.41, 5.74) is 0.371. The zero-order chi connectivity index (χ0) is 21.9. The Morgan fingerprint density at radius 2 is 2.00 bits per heavy atom. The Morgan fingerprint density at radius 1 is 1.30 bits per heavy atom. The fraction of sp³-hybridized carbons (Fsp3) is 0.625. The monoisotopic (exact) mass is 417 g/mol. The summed E-state index contributed by atoms with van der Waals surface area (Å²) in [6.07, 6.45) is 6.09. The number of azo groups is 1. The minimum Gasteiger partial charge on any atom is -0.342 e. The maximum Gasteiger partial charge on any atom is 0.222 e. The van der Waals surface area contributed by atoms with E-state index in [1.165, 1.54) is 18.2 Å². The van der Waals surface area contributed by atoms with Crippen LogP contribution in [0, 0.1) is 28.9 Å². The molecule has 2 heterocycles. The van der Waals surface area contributed by atoms with E-state index in [4.69, 9.17) is 0 Å². The van der Waals surface area contributed by atoms with Crippen LogP contribution in [0.25, 0.3) is 5.70 Å². The Morgan fingerprint density at radius 3 is 2.60 bits per heavy atom.